The Labute approximate surface area is 172 Å². The van der Waals surface area contributed by atoms with Crippen LogP contribution in [0.4, 0.5) is 13.2 Å². The average molecular weight is 428 g/mol. The zero-order valence-corrected chi connectivity index (χ0v) is 16.5. The molecule has 2 unspecified atom stereocenters. The van der Waals surface area contributed by atoms with Crippen molar-refractivity contribution in [3.05, 3.63) is 48.3 Å². The first-order valence-corrected chi connectivity index (χ1v) is 9.11. The number of likely N-dealkylation sites (N-methyl/N-ethyl adjacent to an activating group) is 1. The topological polar surface area (TPSA) is 54.5 Å². The van der Waals surface area contributed by atoms with Gasteiger partial charge >= 0.3 is 6.36 Å². The van der Waals surface area contributed by atoms with Gasteiger partial charge in [-0.15, -0.1) is 25.6 Å². The number of carbonyl (C=O) groups is 1. The molecule has 4 rings (SSSR count). The van der Waals surface area contributed by atoms with E-state index >= 15 is 0 Å². The number of benzene rings is 1. The lowest BCUT2D eigenvalue weighted by Gasteiger charge is -2.23. The summed E-state index contributed by atoms with van der Waals surface area (Å²) in [5.74, 6) is -0.149. The molecule has 2 fully saturated rings. The van der Waals surface area contributed by atoms with Gasteiger partial charge in [0, 0.05) is 19.8 Å². The Kier molecular flexibility index (Phi) is 5.78. The molecule has 29 heavy (non-hydrogen) atoms. The van der Waals surface area contributed by atoms with Crippen molar-refractivity contribution >= 4 is 18.3 Å². The third kappa shape index (κ3) is 4.33. The van der Waals surface area contributed by atoms with E-state index in [0.29, 0.717) is 5.56 Å². The minimum atomic E-state index is -4.73. The summed E-state index contributed by atoms with van der Waals surface area (Å²) >= 11 is 0. The molecule has 9 heteroatoms. The van der Waals surface area contributed by atoms with Gasteiger partial charge in [-0.1, -0.05) is 12.1 Å². The van der Waals surface area contributed by atoms with E-state index in [1.165, 1.54) is 18.2 Å². The molecule has 0 radical (unpaired) electrons. The number of alkyl halides is 3. The molecule has 1 N–H and O–H groups in total. The Morgan fingerprint density at radius 2 is 1.97 bits per heavy atom. The number of hydrogen-bond donors (Lipinski definition) is 1. The van der Waals surface area contributed by atoms with Gasteiger partial charge in [0.2, 0.25) is 5.91 Å². The minimum absolute atomic E-state index is 0. The number of halogens is 4. The molecule has 0 aliphatic carbocycles. The predicted octanol–water partition coefficient (Wildman–Crippen LogP) is 4.09. The number of rotatable bonds is 3. The summed E-state index contributed by atoms with van der Waals surface area (Å²) in [5, 5.41) is 3.46. The van der Waals surface area contributed by atoms with E-state index in [-0.39, 0.29) is 30.1 Å². The average Bonchev–Trinajstić information content (AvgIpc) is 3.21. The van der Waals surface area contributed by atoms with Gasteiger partial charge in [-0.2, -0.15) is 0 Å². The van der Waals surface area contributed by atoms with Crippen molar-refractivity contribution in [1.29, 1.82) is 0 Å². The van der Waals surface area contributed by atoms with Crippen LogP contribution in [0.1, 0.15) is 31.0 Å². The lowest BCUT2D eigenvalue weighted by molar-refractivity contribution is -0.274. The number of amides is 1. The van der Waals surface area contributed by atoms with Gasteiger partial charge < -0.3 is 9.64 Å². The van der Waals surface area contributed by atoms with E-state index in [1.807, 2.05) is 6.07 Å². The number of carbonyl (C=O) groups excluding carboxylic acids is 1. The molecule has 2 atom stereocenters. The number of nitrogens with one attached hydrogen (secondary N) is 1. The van der Waals surface area contributed by atoms with E-state index in [2.05, 4.69) is 15.0 Å². The van der Waals surface area contributed by atoms with Crippen molar-refractivity contribution in [2.75, 3.05) is 13.6 Å². The highest BCUT2D eigenvalue weighted by Crippen LogP contribution is 2.39. The smallest absolute Gasteiger partial charge is 0.406 e. The maximum absolute atomic E-state index is 12.5. The number of nitrogens with zero attached hydrogens (tertiary/aromatic N) is 2. The van der Waals surface area contributed by atoms with Crippen LogP contribution in [0.3, 0.4) is 0 Å². The molecule has 0 saturated carbocycles. The highest BCUT2D eigenvalue weighted by Gasteiger charge is 2.50. The first kappa shape index (κ1) is 21.4. The number of hydrogen-bond acceptors (Lipinski definition) is 4. The van der Waals surface area contributed by atoms with Crippen LogP contribution in [0.2, 0.25) is 0 Å². The molecule has 2 aromatic rings. The summed E-state index contributed by atoms with van der Waals surface area (Å²) in [7, 11) is 1.81. The molecule has 156 valence electrons. The Balaban J connectivity index is 0.00000240. The third-order valence-corrected chi connectivity index (χ3v) is 5.48. The maximum Gasteiger partial charge on any atom is 0.573 e. The number of likely N-dealkylation sites (tertiary alicyclic amines) is 1. The summed E-state index contributed by atoms with van der Waals surface area (Å²) in [6, 6.07) is 9.40. The van der Waals surface area contributed by atoms with E-state index in [1.54, 1.807) is 30.3 Å². The zero-order valence-electron chi connectivity index (χ0n) is 15.7. The second-order valence-electron chi connectivity index (χ2n) is 7.34. The van der Waals surface area contributed by atoms with Gasteiger partial charge in [0.1, 0.15) is 11.3 Å². The molecular weight excluding hydrogens is 407 g/mol. The van der Waals surface area contributed by atoms with Crippen LogP contribution in [-0.2, 0) is 4.79 Å². The standard InChI is InChI=1S/C20H20F3N3O2.ClH/c1-26-10-8-19(18(26)27)7-5-16(25-19)17-12-14(6-9-24-17)13-3-2-4-15(11-13)28-20(21,22)23;/h2-4,6,9,11-12,16,25H,5,7-8,10H2,1H3;1H. The van der Waals surface area contributed by atoms with Gasteiger partial charge in [-0.05, 0) is 54.7 Å². The molecular formula is C20H21ClF3N3O2. The van der Waals surface area contributed by atoms with E-state index < -0.39 is 11.9 Å². The van der Waals surface area contributed by atoms with Gasteiger partial charge in [0.05, 0.1) is 11.7 Å². The first-order chi connectivity index (χ1) is 13.3. The second-order valence-corrected chi connectivity index (χ2v) is 7.34. The number of pyridine rings is 1. The summed E-state index contributed by atoms with van der Waals surface area (Å²) in [6.45, 7) is 0.734. The van der Waals surface area contributed by atoms with Crippen molar-refractivity contribution in [3.63, 3.8) is 0 Å². The van der Waals surface area contributed by atoms with E-state index in [0.717, 1.165) is 37.1 Å². The molecule has 2 aliphatic rings. The Morgan fingerprint density at radius 3 is 2.66 bits per heavy atom. The molecule has 2 saturated heterocycles. The lowest BCUT2D eigenvalue weighted by atomic mass is 9.96. The summed E-state index contributed by atoms with van der Waals surface area (Å²) in [5.41, 5.74) is 1.61. The fourth-order valence-electron chi connectivity index (χ4n) is 4.08. The fourth-order valence-corrected chi connectivity index (χ4v) is 4.08. The van der Waals surface area contributed by atoms with Crippen LogP contribution in [-0.4, -0.2) is 41.3 Å². The van der Waals surface area contributed by atoms with Crippen molar-refractivity contribution in [2.45, 2.75) is 37.2 Å². The largest absolute Gasteiger partial charge is 0.573 e. The van der Waals surface area contributed by atoms with Crippen LogP contribution in [0, 0.1) is 0 Å². The highest BCUT2D eigenvalue weighted by atomic mass is 35.5. The SMILES string of the molecule is CN1CCC2(CCC(c3cc(-c4cccc(OC(F)(F)F)c4)ccn3)N2)C1=O.Cl. The normalized spacial score (nSPS) is 24.1. The highest BCUT2D eigenvalue weighted by molar-refractivity contribution is 5.88. The van der Waals surface area contributed by atoms with Gasteiger partial charge in [-0.3, -0.25) is 15.1 Å². The van der Waals surface area contributed by atoms with E-state index in [4.69, 9.17) is 0 Å². The van der Waals surface area contributed by atoms with Gasteiger partial charge in [0.25, 0.3) is 0 Å². The lowest BCUT2D eigenvalue weighted by Crippen LogP contribution is -2.47. The van der Waals surface area contributed by atoms with Crippen LogP contribution in [0.5, 0.6) is 5.75 Å². The summed E-state index contributed by atoms with van der Waals surface area (Å²) in [6.07, 6.45) is -0.785. The minimum Gasteiger partial charge on any atom is -0.406 e. The monoisotopic (exact) mass is 427 g/mol. The molecule has 1 aromatic heterocycles. The summed E-state index contributed by atoms with van der Waals surface area (Å²) < 4.78 is 41.4. The van der Waals surface area contributed by atoms with Gasteiger partial charge in [0.15, 0.2) is 0 Å². The van der Waals surface area contributed by atoms with Crippen molar-refractivity contribution in [3.8, 4) is 16.9 Å². The number of aromatic nitrogens is 1. The van der Waals surface area contributed by atoms with Crippen LogP contribution < -0.4 is 10.1 Å². The predicted molar refractivity (Wildman–Crippen MR) is 104 cm³/mol. The fraction of sp³-hybridized carbons (Fsp3) is 0.400. The molecule has 1 amide bonds. The molecule has 5 nitrogen and oxygen atoms in total. The Hall–Kier alpha value is -2.32. The molecule has 1 spiro atoms. The quantitative estimate of drug-likeness (QED) is 0.801. The molecule has 1 aromatic carbocycles. The molecule has 0 bridgehead atoms. The Morgan fingerprint density at radius 1 is 1.21 bits per heavy atom. The first-order valence-electron chi connectivity index (χ1n) is 9.11. The third-order valence-electron chi connectivity index (χ3n) is 5.48. The van der Waals surface area contributed by atoms with Crippen molar-refractivity contribution in [1.82, 2.24) is 15.2 Å². The molecule has 2 aliphatic heterocycles. The van der Waals surface area contributed by atoms with Crippen LogP contribution in [0.25, 0.3) is 11.1 Å². The Bertz CT molecular complexity index is 909. The van der Waals surface area contributed by atoms with Crippen molar-refractivity contribution in [2.24, 2.45) is 0 Å². The van der Waals surface area contributed by atoms with Gasteiger partial charge in [-0.25, -0.2) is 0 Å². The summed E-state index contributed by atoms with van der Waals surface area (Å²) in [4.78, 5) is 18.7. The maximum atomic E-state index is 12.5. The second kappa shape index (κ2) is 7.84. The zero-order chi connectivity index (χ0) is 19.9. The number of ether oxygens (including phenoxy) is 1. The van der Waals surface area contributed by atoms with Crippen molar-refractivity contribution < 1.29 is 22.7 Å². The van der Waals surface area contributed by atoms with E-state index in [9.17, 15) is 18.0 Å². The van der Waals surface area contributed by atoms with Crippen LogP contribution >= 0.6 is 12.4 Å². The van der Waals surface area contributed by atoms with Crippen LogP contribution in [0.15, 0.2) is 42.6 Å². The molecule has 3 heterocycles.